The minimum atomic E-state index is 0.679. The standard InChI is InChI=1S/C14H18ClN3O/c1-9-12(10(2)19-17-9)8-16-11-5-6-14(18(3)4)13(15)7-11/h5-7,16H,8H2,1-4H3. The molecule has 4 nitrogen and oxygen atoms in total. The Morgan fingerprint density at radius 3 is 2.58 bits per heavy atom. The fourth-order valence-electron chi connectivity index (χ4n) is 1.92. The van der Waals surface area contributed by atoms with E-state index in [0.29, 0.717) is 6.54 Å². The molecule has 1 N–H and O–H groups in total. The van der Waals surface area contributed by atoms with Gasteiger partial charge in [-0.15, -0.1) is 0 Å². The number of rotatable bonds is 4. The van der Waals surface area contributed by atoms with Gasteiger partial charge >= 0.3 is 0 Å². The smallest absolute Gasteiger partial charge is 0.138 e. The molecule has 0 aliphatic rings. The molecular weight excluding hydrogens is 262 g/mol. The maximum Gasteiger partial charge on any atom is 0.138 e. The van der Waals surface area contributed by atoms with Gasteiger partial charge in [0.15, 0.2) is 0 Å². The summed E-state index contributed by atoms with van der Waals surface area (Å²) in [5.74, 6) is 0.848. The Morgan fingerprint density at radius 2 is 2.05 bits per heavy atom. The first-order chi connectivity index (χ1) is 8.99. The fraction of sp³-hybridized carbons (Fsp3) is 0.357. The highest BCUT2D eigenvalue weighted by molar-refractivity contribution is 6.33. The van der Waals surface area contributed by atoms with E-state index < -0.39 is 0 Å². The minimum Gasteiger partial charge on any atom is -0.381 e. The van der Waals surface area contributed by atoms with Crippen molar-refractivity contribution in [1.82, 2.24) is 5.16 Å². The zero-order valence-electron chi connectivity index (χ0n) is 11.6. The third-order valence-corrected chi connectivity index (χ3v) is 3.38. The highest BCUT2D eigenvalue weighted by Gasteiger charge is 2.09. The van der Waals surface area contributed by atoms with Crippen molar-refractivity contribution in [2.45, 2.75) is 20.4 Å². The summed E-state index contributed by atoms with van der Waals surface area (Å²) in [6.45, 7) is 4.54. The molecule has 0 aliphatic carbocycles. The van der Waals surface area contributed by atoms with Crippen LogP contribution in [0.15, 0.2) is 22.7 Å². The maximum atomic E-state index is 6.24. The molecule has 2 aromatic rings. The lowest BCUT2D eigenvalue weighted by Gasteiger charge is -2.15. The molecule has 0 saturated carbocycles. The lowest BCUT2D eigenvalue weighted by atomic mass is 10.2. The molecule has 0 radical (unpaired) electrons. The van der Waals surface area contributed by atoms with Gasteiger partial charge < -0.3 is 14.7 Å². The first-order valence-electron chi connectivity index (χ1n) is 6.11. The maximum absolute atomic E-state index is 6.24. The summed E-state index contributed by atoms with van der Waals surface area (Å²) in [5, 5.41) is 8.00. The zero-order chi connectivity index (χ0) is 14.0. The van der Waals surface area contributed by atoms with Crippen LogP contribution < -0.4 is 10.2 Å². The van der Waals surface area contributed by atoms with E-state index in [1.807, 2.05) is 51.0 Å². The van der Waals surface area contributed by atoms with Crippen LogP contribution in [0.5, 0.6) is 0 Å². The van der Waals surface area contributed by atoms with Gasteiger partial charge in [-0.2, -0.15) is 0 Å². The molecule has 0 saturated heterocycles. The van der Waals surface area contributed by atoms with Gasteiger partial charge in [0.05, 0.1) is 16.4 Å². The van der Waals surface area contributed by atoms with E-state index in [-0.39, 0.29) is 0 Å². The molecule has 102 valence electrons. The number of halogens is 1. The number of anilines is 2. The lowest BCUT2D eigenvalue weighted by Crippen LogP contribution is -2.09. The van der Waals surface area contributed by atoms with Crippen LogP contribution in [-0.2, 0) is 6.54 Å². The first kappa shape index (κ1) is 13.7. The summed E-state index contributed by atoms with van der Waals surface area (Å²) in [7, 11) is 3.94. The monoisotopic (exact) mass is 279 g/mol. The molecule has 0 aliphatic heterocycles. The molecule has 1 heterocycles. The van der Waals surface area contributed by atoms with Crippen molar-refractivity contribution in [3.63, 3.8) is 0 Å². The minimum absolute atomic E-state index is 0.679. The van der Waals surface area contributed by atoms with Gasteiger partial charge in [0.1, 0.15) is 5.76 Å². The van der Waals surface area contributed by atoms with Crippen LogP contribution >= 0.6 is 11.6 Å². The van der Waals surface area contributed by atoms with Crippen molar-refractivity contribution in [3.8, 4) is 0 Å². The van der Waals surface area contributed by atoms with E-state index in [1.54, 1.807) is 0 Å². The van der Waals surface area contributed by atoms with Crippen LogP contribution in [0.25, 0.3) is 0 Å². The Bertz CT molecular complexity index is 559. The van der Waals surface area contributed by atoms with E-state index in [1.165, 1.54) is 0 Å². The SMILES string of the molecule is Cc1noc(C)c1CNc1ccc(N(C)C)c(Cl)c1. The molecule has 5 heteroatoms. The van der Waals surface area contributed by atoms with Crippen LogP contribution in [0.4, 0.5) is 11.4 Å². The Morgan fingerprint density at radius 1 is 1.32 bits per heavy atom. The van der Waals surface area contributed by atoms with Crippen LogP contribution in [-0.4, -0.2) is 19.3 Å². The van der Waals surface area contributed by atoms with Gasteiger partial charge in [0.25, 0.3) is 0 Å². The molecule has 1 aromatic carbocycles. The van der Waals surface area contributed by atoms with Crippen LogP contribution in [0.3, 0.4) is 0 Å². The molecule has 2 rings (SSSR count). The Balaban J connectivity index is 2.10. The number of hydrogen-bond donors (Lipinski definition) is 1. The lowest BCUT2D eigenvalue weighted by molar-refractivity contribution is 0.392. The van der Waals surface area contributed by atoms with Gasteiger partial charge in [0.2, 0.25) is 0 Å². The van der Waals surface area contributed by atoms with Crippen LogP contribution in [0.1, 0.15) is 17.0 Å². The second kappa shape index (κ2) is 5.53. The van der Waals surface area contributed by atoms with Crippen molar-refractivity contribution in [3.05, 3.63) is 40.2 Å². The van der Waals surface area contributed by atoms with Crippen molar-refractivity contribution < 1.29 is 4.52 Å². The quantitative estimate of drug-likeness (QED) is 0.928. The second-order valence-corrected chi connectivity index (χ2v) is 5.12. The number of hydrogen-bond acceptors (Lipinski definition) is 4. The van der Waals surface area contributed by atoms with E-state index in [9.17, 15) is 0 Å². The summed E-state index contributed by atoms with van der Waals surface area (Å²) in [4.78, 5) is 1.99. The van der Waals surface area contributed by atoms with Gasteiger partial charge in [-0.25, -0.2) is 0 Å². The number of aromatic nitrogens is 1. The molecule has 1 aromatic heterocycles. The molecule has 0 spiro atoms. The van der Waals surface area contributed by atoms with Gasteiger partial charge in [-0.05, 0) is 32.0 Å². The second-order valence-electron chi connectivity index (χ2n) is 4.72. The molecule has 0 atom stereocenters. The van der Waals surface area contributed by atoms with E-state index >= 15 is 0 Å². The highest BCUT2D eigenvalue weighted by atomic mass is 35.5. The average molecular weight is 280 g/mol. The normalized spacial score (nSPS) is 10.6. The number of benzene rings is 1. The van der Waals surface area contributed by atoms with Crippen molar-refractivity contribution >= 4 is 23.0 Å². The highest BCUT2D eigenvalue weighted by Crippen LogP contribution is 2.27. The zero-order valence-corrected chi connectivity index (χ0v) is 12.4. The molecule has 0 amide bonds. The summed E-state index contributed by atoms with van der Waals surface area (Å²) in [6, 6.07) is 5.94. The third-order valence-electron chi connectivity index (χ3n) is 3.08. The predicted octanol–water partition coefficient (Wildman–Crippen LogP) is 3.62. The van der Waals surface area contributed by atoms with E-state index in [2.05, 4.69) is 10.5 Å². The van der Waals surface area contributed by atoms with Crippen molar-refractivity contribution in [2.24, 2.45) is 0 Å². The Hall–Kier alpha value is -1.68. The number of nitrogens with one attached hydrogen (secondary N) is 1. The molecule has 19 heavy (non-hydrogen) atoms. The summed E-state index contributed by atoms with van der Waals surface area (Å²) in [6.07, 6.45) is 0. The topological polar surface area (TPSA) is 41.3 Å². The first-order valence-corrected chi connectivity index (χ1v) is 6.49. The molecular formula is C14H18ClN3O. The van der Waals surface area contributed by atoms with E-state index in [4.69, 9.17) is 16.1 Å². The molecule has 0 bridgehead atoms. The van der Waals surface area contributed by atoms with E-state index in [0.717, 1.165) is 33.4 Å². The van der Waals surface area contributed by atoms with Crippen molar-refractivity contribution in [1.29, 1.82) is 0 Å². The fourth-order valence-corrected chi connectivity index (χ4v) is 2.27. The van der Waals surface area contributed by atoms with Gasteiger partial charge in [0, 0.05) is 31.9 Å². The Kier molecular flexibility index (Phi) is 4.00. The van der Waals surface area contributed by atoms with Gasteiger partial charge in [-0.3, -0.25) is 0 Å². The van der Waals surface area contributed by atoms with Crippen LogP contribution in [0, 0.1) is 13.8 Å². The number of aryl methyl sites for hydroxylation is 2. The predicted molar refractivity (Wildman–Crippen MR) is 79.1 cm³/mol. The van der Waals surface area contributed by atoms with Crippen molar-refractivity contribution in [2.75, 3.05) is 24.3 Å². The number of nitrogens with zero attached hydrogens (tertiary/aromatic N) is 2. The average Bonchev–Trinajstić information content (AvgIpc) is 2.66. The Labute approximate surface area is 118 Å². The summed E-state index contributed by atoms with van der Waals surface area (Å²) < 4.78 is 5.14. The molecule has 0 fully saturated rings. The molecule has 0 unspecified atom stereocenters. The summed E-state index contributed by atoms with van der Waals surface area (Å²) >= 11 is 6.24. The van der Waals surface area contributed by atoms with Gasteiger partial charge in [-0.1, -0.05) is 16.8 Å². The largest absolute Gasteiger partial charge is 0.381 e. The summed E-state index contributed by atoms with van der Waals surface area (Å²) in [5.41, 5.74) is 3.99. The third kappa shape index (κ3) is 3.01. The van der Waals surface area contributed by atoms with Crippen LogP contribution in [0.2, 0.25) is 5.02 Å².